The predicted octanol–water partition coefficient (Wildman–Crippen LogP) is 25.8. The van der Waals surface area contributed by atoms with Gasteiger partial charge in [0, 0.05) is 120 Å². The second kappa shape index (κ2) is 22.0. The van der Waals surface area contributed by atoms with Crippen molar-refractivity contribution in [2.24, 2.45) is 0 Å². The minimum atomic E-state index is 0.892. The van der Waals surface area contributed by atoms with E-state index >= 15 is 0 Å². The zero-order chi connectivity index (χ0) is 67.8. The molecule has 0 aliphatic carbocycles. The third-order valence-electron chi connectivity index (χ3n) is 21.4. The molecule has 10 aromatic heterocycles. The van der Waals surface area contributed by atoms with Crippen molar-refractivity contribution in [3.05, 3.63) is 322 Å². The van der Waals surface area contributed by atoms with Crippen LogP contribution in [-0.4, -0.2) is 33.2 Å². The van der Waals surface area contributed by atoms with E-state index in [1.54, 1.807) is 17.7 Å². The third kappa shape index (κ3) is 8.38. The maximum atomic E-state index is 6.30. The van der Waals surface area contributed by atoms with E-state index in [9.17, 15) is 0 Å². The number of benzene rings is 14. The molecule has 24 rings (SSSR count). The molecule has 0 atom stereocenters. The zero-order valence-electron chi connectivity index (χ0n) is 55.4. The molecule has 0 bridgehead atoms. The molecule has 11 heteroatoms. The Labute approximate surface area is 599 Å². The average Bonchev–Trinajstić information content (AvgIpc) is 2.14. The van der Waals surface area contributed by atoms with Crippen molar-refractivity contribution >= 4 is 194 Å². The van der Waals surface area contributed by atoms with E-state index < -0.39 is 0 Å². The van der Waals surface area contributed by atoms with Gasteiger partial charge < -0.3 is 18.0 Å². The first-order valence-electron chi connectivity index (χ1n) is 34.9. The second-order valence-corrected chi connectivity index (χ2v) is 29.1. The Morgan fingerprint density at radius 1 is 0.231 bits per heavy atom. The molecular formula is C93H53N7O2S2. The standard InChI is InChI=1S/C47H27N3OS.C46H26N4OS/c1-5-13-39-31(9-1)37-25-28(17-21-41(37)49(39)30-19-20-34-33-11-3-7-15-43(33)51-44(34)27-30)29-18-22-42-38(26-29)32-10-2-6-14-40(32)50(42)47-46-36(23-24-48-47)35-12-4-8-16-45(35)52-46;1-5-13-37-30(9-1)35-23-27(17-21-39(35)49(37)29-19-20-33-32-11-3-7-15-41(32)51-42(33)25-29)28-18-22-40-36(24-28)31-10-2-6-14-38(31)50(40)46-45-44(47-26-48-46)34-12-4-8-16-43(34)52-45/h1-27H;1-26H. The molecule has 0 N–H and O–H groups in total. The maximum Gasteiger partial charge on any atom is 0.159 e. The number of aromatic nitrogens is 7. The summed E-state index contributed by atoms with van der Waals surface area (Å²) in [6.45, 7) is 0. The summed E-state index contributed by atoms with van der Waals surface area (Å²) in [6.07, 6.45) is 3.65. The van der Waals surface area contributed by atoms with Crippen LogP contribution < -0.4 is 0 Å². The molecule has 14 aromatic carbocycles. The smallest absolute Gasteiger partial charge is 0.159 e. The molecule has 0 unspecified atom stereocenters. The van der Waals surface area contributed by atoms with Crippen molar-refractivity contribution < 1.29 is 8.83 Å². The van der Waals surface area contributed by atoms with Crippen LogP contribution in [0, 0.1) is 0 Å². The van der Waals surface area contributed by atoms with Crippen LogP contribution in [0.15, 0.2) is 331 Å². The van der Waals surface area contributed by atoms with Crippen LogP contribution in [0.5, 0.6) is 0 Å². The monoisotopic (exact) mass is 1360 g/mol. The van der Waals surface area contributed by atoms with E-state index in [2.05, 4.69) is 303 Å². The summed E-state index contributed by atoms with van der Waals surface area (Å²) in [4.78, 5) is 14.6. The largest absolute Gasteiger partial charge is 0.456 e. The van der Waals surface area contributed by atoms with Gasteiger partial charge in [0.1, 0.15) is 28.7 Å². The molecule has 484 valence electrons. The number of thiophene rings is 2. The maximum absolute atomic E-state index is 6.30. The molecule has 0 fully saturated rings. The van der Waals surface area contributed by atoms with Crippen LogP contribution in [0.4, 0.5) is 0 Å². The van der Waals surface area contributed by atoms with Crippen LogP contribution in [0.1, 0.15) is 0 Å². The summed E-state index contributed by atoms with van der Waals surface area (Å²) in [5, 5.41) is 18.0. The average molecular weight is 1360 g/mol. The van der Waals surface area contributed by atoms with Crippen LogP contribution in [0.3, 0.4) is 0 Å². The van der Waals surface area contributed by atoms with Gasteiger partial charge in [-0.1, -0.05) is 170 Å². The Balaban J connectivity index is 0.000000127. The Kier molecular flexibility index (Phi) is 12.1. The van der Waals surface area contributed by atoms with Crippen molar-refractivity contribution in [1.29, 1.82) is 0 Å². The first kappa shape index (κ1) is 57.3. The molecule has 0 saturated heterocycles. The van der Waals surface area contributed by atoms with Gasteiger partial charge in [-0.3, -0.25) is 9.13 Å². The molecule has 9 nitrogen and oxygen atoms in total. The molecule has 0 radical (unpaired) electrons. The van der Waals surface area contributed by atoms with Crippen molar-refractivity contribution in [3.63, 3.8) is 0 Å². The van der Waals surface area contributed by atoms with Gasteiger partial charge in [0.05, 0.1) is 59.1 Å². The van der Waals surface area contributed by atoms with Crippen LogP contribution in [0.2, 0.25) is 0 Å². The lowest BCUT2D eigenvalue weighted by Crippen LogP contribution is -1.98. The fraction of sp³-hybridized carbons (Fsp3) is 0. The van der Waals surface area contributed by atoms with E-state index in [0.717, 1.165) is 105 Å². The molecular weight excluding hydrogens is 1310 g/mol. The molecule has 0 saturated carbocycles. The van der Waals surface area contributed by atoms with Gasteiger partial charge in [-0.15, -0.1) is 22.7 Å². The Morgan fingerprint density at radius 3 is 1.07 bits per heavy atom. The first-order chi connectivity index (χ1) is 51.6. The van der Waals surface area contributed by atoms with Crippen LogP contribution >= 0.6 is 22.7 Å². The zero-order valence-corrected chi connectivity index (χ0v) is 57.0. The highest BCUT2D eigenvalue weighted by Gasteiger charge is 2.24. The van der Waals surface area contributed by atoms with Gasteiger partial charge >= 0.3 is 0 Å². The van der Waals surface area contributed by atoms with Gasteiger partial charge in [-0.05, 0) is 150 Å². The van der Waals surface area contributed by atoms with Gasteiger partial charge in [0.2, 0.25) is 0 Å². The number of pyridine rings is 1. The summed E-state index contributed by atoms with van der Waals surface area (Å²) in [7, 11) is 0. The molecule has 10 heterocycles. The van der Waals surface area contributed by atoms with E-state index in [-0.39, 0.29) is 0 Å². The summed E-state index contributed by atoms with van der Waals surface area (Å²) in [5.74, 6) is 1.90. The van der Waals surface area contributed by atoms with Crippen LogP contribution in [-0.2, 0) is 0 Å². The third-order valence-corrected chi connectivity index (χ3v) is 23.8. The highest BCUT2D eigenvalue weighted by Crippen LogP contribution is 2.46. The second-order valence-electron chi connectivity index (χ2n) is 27.0. The van der Waals surface area contributed by atoms with E-state index in [4.69, 9.17) is 23.8 Å². The highest BCUT2D eigenvalue weighted by atomic mass is 32.1. The summed E-state index contributed by atoms with van der Waals surface area (Å²) < 4.78 is 26.8. The number of fused-ring (bicyclic) bond motifs is 24. The Hall–Kier alpha value is -13.5. The minimum absolute atomic E-state index is 0.892. The molecule has 104 heavy (non-hydrogen) atoms. The van der Waals surface area contributed by atoms with E-state index in [0.29, 0.717) is 0 Å². The fourth-order valence-corrected chi connectivity index (χ4v) is 19.1. The molecule has 0 amide bonds. The molecule has 0 aliphatic heterocycles. The lowest BCUT2D eigenvalue weighted by atomic mass is 10.0. The normalized spacial score (nSPS) is 12.2. The lowest BCUT2D eigenvalue weighted by Gasteiger charge is -2.09. The molecule has 0 aliphatic rings. The van der Waals surface area contributed by atoms with E-state index in [1.165, 1.54) is 112 Å². The fourth-order valence-electron chi connectivity index (χ4n) is 16.8. The number of hydrogen-bond acceptors (Lipinski definition) is 7. The highest BCUT2D eigenvalue weighted by molar-refractivity contribution is 7.26. The van der Waals surface area contributed by atoms with Gasteiger partial charge in [0.15, 0.2) is 11.6 Å². The minimum Gasteiger partial charge on any atom is -0.456 e. The SMILES string of the molecule is c1ccc2c(c1)oc1cc(-n3c4ccccc4c4cc(-c5ccc6c(c5)c5ccccc5n6-c5nccc6c5sc5ccccc56)ccc43)ccc12.c1ccc2c(c1)oc1cc(-n3c4ccccc4c4cc(-c5ccc6c(c5)c5ccccc5n6-c5ncnc6c5sc5ccccc56)ccc43)ccc12. The summed E-state index contributed by atoms with van der Waals surface area (Å²) in [5.41, 5.74) is 20.7. The number of hydrogen-bond donors (Lipinski definition) is 0. The van der Waals surface area contributed by atoms with Gasteiger partial charge in [-0.2, -0.15) is 0 Å². The first-order valence-corrected chi connectivity index (χ1v) is 36.6. The van der Waals surface area contributed by atoms with Crippen molar-refractivity contribution in [3.8, 4) is 45.3 Å². The molecule has 0 spiro atoms. The predicted molar refractivity (Wildman–Crippen MR) is 435 cm³/mol. The van der Waals surface area contributed by atoms with Gasteiger partial charge in [-0.25, -0.2) is 15.0 Å². The number of furan rings is 2. The van der Waals surface area contributed by atoms with Crippen molar-refractivity contribution in [2.45, 2.75) is 0 Å². The van der Waals surface area contributed by atoms with Crippen molar-refractivity contribution in [2.75, 3.05) is 0 Å². The topological polar surface area (TPSA) is 84.7 Å². The van der Waals surface area contributed by atoms with E-state index in [1.807, 2.05) is 41.8 Å². The number of nitrogens with zero attached hydrogens (tertiary/aromatic N) is 7. The molecule has 24 aromatic rings. The Morgan fingerprint density at radius 2 is 0.587 bits per heavy atom. The number of rotatable bonds is 6. The van der Waals surface area contributed by atoms with Gasteiger partial charge in [0.25, 0.3) is 0 Å². The Bertz CT molecular complexity index is 7320. The lowest BCUT2D eigenvalue weighted by molar-refractivity contribution is 0.668. The number of para-hydroxylation sites is 6. The summed E-state index contributed by atoms with van der Waals surface area (Å²) >= 11 is 3.57. The quantitative estimate of drug-likeness (QED) is 0.166. The van der Waals surface area contributed by atoms with Crippen molar-refractivity contribution in [1.82, 2.24) is 33.2 Å². The summed E-state index contributed by atoms with van der Waals surface area (Å²) in [6, 6.07) is 111. The van der Waals surface area contributed by atoms with Crippen LogP contribution in [0.25, 0.3) is 217 Å².